The molecule has 7 nitrogen and oxygen atoms in total. The number of nitrogens with zero attached hydrogens (tertiary/aromatic N) is 2. The van der Waals surface area contributed by atoms with E-state index in [9.17, 15) is 14.4 Å². The van der Waals surface area contributed by atoms with Crippen LogP contribution in [0, 0.1) is 0 Å². The number of rotatable bonds is 8. The number of aromatic nitrogens is 1. The summed E-state index contributed by atoms with van der Waals surface area (Å²) in [6, 6.07) is 12.0. The number of nitrogens with one attached hydrogen (secondary N) is 1. The lowest BCUT2D eigenvalue weighted by Crippen LogP contribution is -2.31. The van der Waals surface area contributed by atoms with Crippen molar-refractivity contribution >= 4 is 23.5 Å². The number of benzene rings is 1. The first-order chi connectivity index (χ1) is 13.0. The molecule has 2 amide bonds. The van der Waals surface area contributed by atoms with Crippen LogP contribution in [0.15, 0.2) is 48.7 Å². The first kappa shape index (κ1) is 20.1. The smallest absolute Gasteiger partial charge is 0.338 e. The van der Waals surface area contributed by atoms with Gasteiger partial charge in [0.15, 0.2) is 0 Å². The van der Waals surface area contributed by atoms with Crippen LogP contribution in [0.1, 0.15) is 36.3 Å². The van der Waals surface area contributed by atoms with E-state index in [1.54, 1.807) is 42.3 Å². The first-order valence-corrected chi connectivity index (χ1v) is 8.72. The quantitative estimate of drug-likeness (QED) is 0.723. The maximum absolute atomic E-state index is 12.2. The summed E-state index contributed by atoms with van der Waals surface area (Å²) in [6.45, 7) is 4.17. The molecule has 0 atom stereocenters. The summed E-state index contributed by atoms with van der Waals surface area (Å²) < 4.78 is 4.92. The highest BCUT2D eigenvalue weighted by Crippen LogP contribution is 2.11. The zero-order valence-electron chi connectivity index (χ0n) is 15.5. The molecule has 0 aliphatic rings. The summed E-state index contributed by atoms with van der Waals surface area (Å²) in [6.07, 6.45) is 1.83. The molecule has 2 aromatic rings. The number of hydrogen-bond acceptors (Lipinski definition) is 5. The minimum absolute atomic E-state index is 0.118. The van der Waals surface area contributed by atoms with Gasteiger partial charge in [-0.2, -0.15) is 0 Å². The van der Waals surface area contributed by atoms with Crippen molar-refractivity contribution in [3.8, 4) is 0 Å². The molecular weight excluding hydrogens is 346 g/mol. The van der Waals surface area contributed by atoms with Crippen molar-refractivity contribution in [3.05, 3.63) is 59.9 Å². The normalized spacial score (nSPS) is 10.1. The average molecular weight is 369 g/mol. The van der Waals surface area contributed by atoms with Crippen LogP contribution in [-0.4, -0.2) is 40.8 Å². The lowest BCUT2D eigenvalue weighted by molar-refractivity contribution is -0.130. The van der Waals surface area contributed by atoms with E-state index in [1.165, 1.54) is 6.92 Å². The van der Waals surface area contributed by atoms with Crippen LogP contribution in [0.5, 0.6) is 0 Å². The number of carbonyl (C=O) groups is 3. The summed E-state index contributed by atoms with van der Waals surface area (Å²) in [7, 11) is 0. The van der Waals surface area contributed by atoms with Gasteiger partial charge in [0.1, 0.15) is 0 Å². The second kappa shape index (κ2) is 10.1. The van der Waals surface area contributed by atoms with Crippen LogP contribution in [0.4, 0.5) is 5.69 Å². The highest BCUT2D eigenvalue weighted by atomic mass is 16.5. The Morgan fingerprint density at radius 1 is 1.11 bits per heavy atom. The molecule has 1 heterocycles. The molecule has 0 bridgehead atoms. The third-order valence-corrected chi connectivity index (χ3v) is 3.81. The highest BCUT2D eigenvalue weighted by Gasteiger charge is 2.13. The number of amides is 2. The first-order valence-electron chi connectivity index (χ1n) is 8.72. The fourth-order valence-electron chi connectivity index (χ4n) is 2.40. The van der Waals surface area contributed by atoms with Crippen molar-refractivity contribution in [3.63, 3.8) is 0 Å². The van der Waals surface area contributed by atoms with Gasteiger partial charge in [-0.25, -0.2) is 4.79 Å². The largest absolute Gasteiger partial charge is 0.462 e. The summed E-state index contributed by atoms with van der Waals surface area (Å²) in [5, 5.41) is 2.75. The number of esters is 1. The van der Waals surface area contributed by atoms with Crippen LogP contribution in [0.25, 0.3) is 0 Å². The van der Waals surface area contributed by atoms with Gasteiger partial charge < -0.3 is 15.0 Å². The number of hydrogen-bond donors (Lipinski definition) is 1. The monoisotopic (exact) mass is 369 g/mol. The number of pyridine rings is 1. The van der Waals surface area contributed by atoms with Crippen LogP contribution in [0.2, 0.25) is 0 Å². The predicted octanol–water partition coefficient (Wildman–Crippen LogP) is 2.64. The molecule has 0 fully saturated rings. The lowest BCUT2D eigenvalue weighted by atomic mass is 10.2. The number of anilines is 1. The predicted molar refractivity (Wildman–Crippen MR) is 101 cm³/mol. The molecule has 7 heteroatoms. The number of ether oxygens (including phenoxy) is 1. The molecule has 0 aliphatic heterocycles. The zero-order valence-corrected chi connectivity index (χ0v) is 15.5. The lowest BCUT2D eigenvalue weighted by Gasteiger charge is -2.20. The fraction of sp³-hybridized carbons (Fsp3) is 0.300. The van der Waals surface area contributed by atoms with Gasteiger partial charge in [-0.3, -0.25) is 14.6 Å². The van der Waals surface area contributed by atoms with Gasteiger partial charge in [-0.05, 0) is 43.3 Å². The Hall–Kier alpha value is -3.22. The van der Waals surface area contributed by atoms with Crippen LogP contribution in [0.3, 0.4) is 0 Å². The summed E-state index contributed by atoms with van der Waals surface area (Å²) in [5.41, 5.74) is 1.77. The average Bonchev–Trinajstić information content (AvgIpc) is 2.66. The molecular formula is C20H23N3O4. The van der Waals surface area contributed by atoms with Gasteiger partial charge >= 0.3 is 5.97 Å². The Labute approximate surface area is 158 Å². The molecule has 27 heavy (non-hydrogen) atoms. The Morgan fingerprint density at radius 2 is 1.85 bits per heavy atom. The van der Waals surface area contributed by atoms with Crippen molar-refractivity contribution in [2.75, 3.05) is 18.5 Å². The Bertz CT molecular complexity index is 776. The van der Waals surface area contributed by atoms with Crippen molar-refractivity contribution in [1.29, 1.82) is 0 Å². The van der Waals surface area contributed by atoms with E-state index >= 15 is 0 Å². The van der Waals surface area contributed by atoms with Crippen LogP contribution in [-0.2, 0) is 20.9 Å². The SMILES string of the molecule is CCOC(=O)c1ccc(NC(=O)CCN(Cc2ccccn2)C(C)=O)cc1. The van der Waals surface area contributed by atoms with E-state index in [0.717, 1.165) is 5.69 Å². The second-order valence-electron chi connectivity index (χ2n) is 5.86. The van der Waals surface area contributed by atoms with Crippen molar-refractivity contribution < 1.29 is 19.1 Å². The number of carbonyl (C=O) groups excluding carboxylic acids is 3. The van der Waals surface area contributed by atoms with E-state index in [2.05, 4.69) is 10.3 Å². The van der Waals surface area contributed by atoms with Gasteiger partial charge in [0.25, 0.3) is 0 Å². The molecule has 1 aromatic heterocycles. The van der Waals surface area contributed by atoms with Crippen LogP contribution < -0.4 is 5.32 Å². The van der Waals surface area contributed by atoms with E-state index in [0.29, 0.717) is 30.9 Å². The van der Waals surface area contributed by atoms with Gasteiger partial charge in [-0.15, -0.1) is 0 Å². The van der Waals surface area contributed by atoms with Crippen molar-refractivity contribution in [2.24, 2.45) is 0 Å². The summed E-state index contributed by atoms with van der Waals surface area (Å²) in [5.74, 6) is -0.736. The fourth-order valence-corrected chi connectivity index (χ4v) is 2.40. The Balaban J connectivity index is 1.86. The van der Waals surface area contributed by atoms with E-state index < -0.39 is 5.97 Å². The molecule has 0 spiro atoms. The highest BCUT2D eigenvalue weighted by molar-refractivity contribution is 5.93. The van der Waals surface area contributed by atoms with Gasteiger partial charge in [-0.1, -0.05) is 6.07 Å². The van der Waals surface area contributed by atoms with Crippen LogP contribution >= 0.6 is 0 Å². The zero-order chi connectivity index (χ0) is 19.6. The van der Waals surface area contributed by atoms with Crippen molar-refractivity contribution in [2.45, 2.75) is 26.8 Å². The summed E-state index contributed by atoms with van der Waals surface area (Å²) >= 11 is 0. The summed E-state index contributed by atoms with van der Waals surface area (Å²) in [4.78, 5) is 41.3. The molecule has 1 aromatic carbocycles. The van der Waals surface area contributed by atoms with Gasteiger partial charge in [0.2, 0.25) is 11.8 Å². The minimum Gasteiger partial charge on any atom is -0.462 e. The maximum atomic E-state index is 12.2. The van der Waals surface area contributed by atoms with E-state index in [1.807, 2.05) is 18.2 Å². The third-order valence-electron chi connectivity index (χ3n) is 3.81. The van der Waals surface area contributed by atoms with Gasteiger partial charge in [0.05, 0.1) is 24.4 Å². The third kappa shape index (κ3) is 6.54. The maximum Gasteiger partial charge on any atom is 0.338 e. The molecule has 2 rings (SSSR count). The minimum atomic E-state index is -0.401. The van der Waals surface area contributed by atoms with Crippen molar-refractivity contribution in [1.82, 2.24) is 9.88 Å². The molecule has 142 valence electrons. The second-order valence-corrected chi connectivity index (χ2v) is 5.86. The molecule has 0 saturated carbocycles. The molecule has 0 saturated heterocycles. The molecule has 0 unspecified atom stereocenters. The van der Waals surface area contributed by atoms with E-state index in [-0.39, 0.29) is 18.2 Å². The molecule has 1 N–H and O–H groups in total. The Morgan fingerprint density at radius 3 is 2.44 bits per heavy atom. The topological polar surface area (TPSA) is 88.6 Å². The van der Waals surface area contributed by atoms with Gasteiger partial charge in [0, 0.05) is 31.8 Å². The molecule has 0 radical (unpaired) electrons. The van der Waals surface area contributed by atoms with E-state index in [4.69, 9.17) is 4.74 Å². The standard InChI is InChI=1S/C20H23N3O4/c1-3-27-20(26)16-7-9-17(10-8-16)22-19(25)11-13-23(15(2)24)14-18-6-4-5-12-21-18/h4-10,12H,3,11,13-14H2,1-2H3,(H,22,25). The molecule has 0 aliphatic carbocycles. The Kier molecular flexibility index (Phi) is 7.49.